The standard InChI is InChI=1S/C20H17NO/c1-20(2)15-7-3-4-9-18(15)22-19-13-14(10-11-16(19)20)17-8-5-6-12-21-17/h3-13H,1-2H3. The van der Waals surface area contributed by atoms with E-state index in [4.69, 9.17) is 4.74 Å². The van der Waals surface area contributed by atoms with Crippen LogP contribution in [-0.2, 0) is 5.41 Å². The maximum absolute atomic E-state index is 6.15. The van der Waals surface area contributed by atoms with Crippen LogP contribution in [0, 0.1) is 0 Å². The average Bonchev–Trinajstić information content (AvgIpc) is 2.55. The van der Waals surface area contributed by atoms with Crippen LogP contribution in [0.2, 0.25) is 0 Å². The second-order valence-corrected chi connectivity index (χ2v) is 6.15. The molecular weight excluding hydrogens is 270 g/mol. The number of rotatable bonds is 1. The van der Waals surface area contributed by atoms with Gasteiger partial charge >= 0.3 is 0 Å². The van der Waals surface area contributed by atoms with Crippen molar-refractivity contribution in [2.45, 2.75) is 19.3 Å². The minimum Gasteiger partial charge on any atom is -0.457 e. The van der Waals surface area contributed by atoms with Gasteiger partial charge in [-0.2, -0.15) is 0 Å². The summed E-state index contributed by atoms with van der Waals surface area (Å²) < 4.78 is 6.15. The van der Waals surface area contributed by atoms with Gasteiger partial charge in [-0.1, -0.05) is 50.2 Å². The van der Waals surface area contributed by atoms with Crippen molar-refractivity contribution in [3.63, 3.8) is 0 Å². The zero-order valence-corrected chi connectivity index (χ0v) is 12.7. The van der Waals surface area contributed by atoms with Gasteiger partial charge in [0.2, 0.25) is 0 Å². The third kappa shape index (κ3) is 1.92. The minimum atomic E-state index is -0.0627. The summed E-state index contributed by atoms with van der Waals surface area (Å²) in [4.78, 5) is 4.42. The lowest BCUT2D eigenvalue weighted by Crippen LogP contribution is -2.24. The van der Waals surface area contributed by atoms with Crippen molar-refractivity contribution in [3.05, 3.63) is 78.0 Å². The van der Waals surface area contributed by atoms with Gasteiger partial charge in [-0.3, -0.25) is 4.98 Å². The number of fused-ring (bicyclic) bond motifs is 2. The van der Waals surface area contributed by atoms with E-state index in [1.165, 1.54) is 11.1 Å². The van der Waals surface area contributed by atoms with Crippen molar-refractivity contribution in [1.29, 1.82) is 0 Å². The van der Waals surface area contributed by atoms with Crippen molar-refractivity contribution in [1.82, 2.24) is 4.98 Å². The topological polar surface area (TPSA) is 22.1 Å². The maximum atomic E-state index is 6.15. The Morgan fingerprint density at radius 2 is 1.59 bits per heavy atom. The summed E-state index contributed by atoms with van der Waals surface area (Å²) in [6.07, 6.45) is 1.81. The first-order valence-corrected chi connectivity index (χ1v) is 7.49. The van der Waals surface area contributed by atoms with E-state index in [1.54, 1.807) is 0 Å². The fourth-order valence-corrected chi connectivity index (χ4v) is 3.15. The van der Waals surface area contributed by atoms with Crippen molar-refractivity contribution < 1.29 is 4.74 Å². The molecular formula is C20H17NO. The molecule has 1 aliphatic heterocycles. The SMILES string of the molecule is CC1(C)c2ccccc2Oc2cc(-c3ccccn3)ccc21. The van der Waals surface area contributed by atoms with E-state index in [-0.39, 0.29) is 5.41 Å². The minimum absolute atomic E-state index is 0.0627. The summed E-state index contributed by atoms with van der Waals surface area (Å²) in [7, 11) is 0. The van der Waals surface area contributed by atoms with Gasteiger partial charge < -0.3 is 4.74 Å². The highest BCUT2D eigenvalue weighted by atomic mass is 16.5. The van der Waals surface area contributed by atoms with Gasteiger partial charge in [0.05, 0.1) is 5.69 Å². The fourth-order valence-electron chi connectivity index (χ4n) is 3.15. The molecule has 2 heterocycles. The van der Waals surface area contributed by atoms with Crippen LogP contribution < -0.4 is 4.74 Å². The van der Waals surface area contributed by atoms with Crippen LogP contribution in [0.5, 0.6) is 11.5 Å². The van der Waals surface area contributed by atoms with E-state index in [0.29, 0.717) is 0 Å². The van der Waals surface area contributed by atoms with E-state index in [0.717, 1.165) is 22.8 Å². The number of ether oxygens (including phenoxy) is 1. The summed E-state index contributed by atoms with van der Waals surface area (Å²) in [6.45, 7) is 4.49. The molecule has 0 fully saturated rings. The van der Waals surface area contributed by atoms with Crippen molar-refractivity contribution in [2.75, 3.05) is 0 Å². The first-order valence-electron chi connectivity index (χ1n) is 7.49. The normalized spacial score (nSPS) is 14.6. The summed E-state index contributed by atoms with van der Waals surface area (Å²) >= 11 is 0. The Bertz CT molecular complexity index is 837. The molecule has 0 aliphatic carbocycles. The van der Waals surface area contributed by atoms with E-state index in [2.05, 4.69) is 49.2 Å². The van der Waals surface area contributed by atoms with Crippen LogP contribution in [0.3, 0.4) is 0 Å². The van der Waals surface area contributed by atoms with Gasteiger partial charge in [0, 0.05) is 28.3 Å². The number of pyridine rings is 1. The van der Waals surface area contributed by atoms with E-state index >= 15 is 0 Å². The van der Waals surface area contributed by atoms with Crippen molar-refractivity contribution in [3.8, 4) is 22.8 Å². The van der Waals surface area contributed by atoms with Crippen molar-refractivity contribution in [2.24, 2.45) is 0 Å². The molecule has 108 valence electrons. The van der Waals surface area contributed by atoms with Gasteiger partial charge in [-0.05, 0) is 24.3 Å². The molecule has 0 unspecified atom stereocenters. The fraction of sp³-hybridized carbons (Fsp3) is 0.150. The Morgan fingerprint density at radius 1 is 0.818 bits per heavy atom. The second-order valence-electron chi connectivity index (χ2n) is 6.15. The first kappa shape index (κ1) is 13.1. The number of aromatic nitrogens is 1. The van der Waals surface area contributed by atoms with Crippen LogP contribution >= 0.6 is 0 Å². The molecule has 3 aromatic rings. The van der Waals surface area contributed by atoms with Gasteiger partial charge in [-0.15, -0.1) is 0 Å². The van der Waals surface area contributed by atoms with Gasteiger partial charge in [-0.25, -0.2) is 0 Å². The Kier molecular flexibility index (Phi) is 2.80. The van der Waals surface area contributed by atoms with Crippen LogP contribution in [-0.4, -0.2) is 4.98 Å². The number of hydrogen-bond donors (Lipinski definition) is 0. The molecule has 0 N–H and O–H groups in total. The molecule has 1 aliphatic rings. The summed E-state index contributed by atoms with van der Waals surface area (Å²) in [5.41, 5.74) is 4.42. The molecule has 2 nitrogen and oxygen atoms in total. The first-order chi connectivity index (χ1) is 10.7. The predicted molar refractivity (Wildman–Crippen MR) is 88.3 cm³/mol. The molecule has 0 amide bonds. The second kappa shape index (κ2) is 4.70. The average molecular weight is 287 g/mol. The predicted octanol–water partition coefficient (Wildman–Crippen LogP) is 5.18. The van der Waals surface area contributed by atoms with Gasteiger partial charge in [0.25, 0.3) is 0 Å². The molecule has 2 heteroatoms. The summed E-state index contributed by atoms with van der Waals surface area (Å²) in [6, 6.07) is 20.6. The lowest BCUT2D eigenvalue weighted by molar-refractivity contribution is 0.418. The van der Waals surface area contributed by atoms with Gasteiger partial charge in [0.15, 0.2) is 0 Å². The Morgan fingerprint density at radius 3 is 2.41 bits per heavy atom. The maximum Gasteiger partial charge on any atom is 0.132 e. The zero-order chi connectivity index (χ0) is 15.2. The van der Waals surface area contributed by atoms with Crippen molar-refractivity contribution >= 4 is 0 Å². The number of hydrogen-bond acceptors (Lipinski definition) is 2. The summed E-state index contributed by atoms with van der Waals surface area (Å²) in [5.74, 6) is 1.87. The third-order valence-corrected chi connectivity index (χ3v) is 4.40. The zero-order valence-electron chi connectivity index (χ0n) is 12.7. The smallest absolute Gasteiger partial charge is 0.132 e. The van der Waals surface area contributed by atoms with Crippen LogP contribution in [0.15, 0.2) is 66.9 Å². The lowest BCUT2D eigenvalue weighted by atomic mass is 9.75. The number of nitrogens with zero attached hydrogens (tertiary/aromatic N) is 1. The quantitative estimate of drug-likeness (QED) is 0.615. The molecule has 4 rings (SSSR count). The number of para-hydroxylation sites is 1. The molecule has 0 saturated heterocycles. The molecule has 2 aromatic carbocycles. The Labute approximate surface area is 130 Å². The molecule has 0 spiro atoms. The molecule has 1 aromatic heterocycles. The number of benzene rings is 2. The van der Waals surface area contributed by atoms with E-state index in [1.807, 2.05) is 36.5 Å². The Hall–Kier alpha value is -2.61. The van der Waals surface area contributed by atoms with E-state index in [9.17, 15) is 0 Å². The molecule has 0 saturated carbocycles. The van der Waals surface area contributed by atoms with E-state index < -0.39 is 0 Å². The monoisotopic (exact) mass is 287 g/mol. The molecule has 0 bridgehead atoms. The van der Waals surface area contributed by atoms with Crippen LogP contribution in [0.25, 0.3) is 11.3 Å². The highest BCUT2D eigenvalue weighted by molar-refractivity contribution is 5.66. The molecule has 0 atom stereocenters. The highest BCUT2D eigenvalue weighted by Gasteiger charge is 2.33. The lowest BCUT2D eigenvalue weighted by Gasteiger charge is -2.34. The Balaban J connectivity index is 1.87. The van der Waals surface area contributed by atoms with Crippen LogP contribution in [0.4, 0.5) is 0 Å². The summed E-state index contributed by atoms with van der Waals surface area (Å²) in [5, 5.41) is 0. The molecule has 22 heavy (non-hydrogen) atoms. The van der Waals surface area contributed by atoms with Crippen LogP contribution in [0.1, 0.15) is 25.0 Å². The highest BCUT2D eigenvalue weighted by Crippen LogP contribution is 2.48. The largest absolute Gasteiger partial charge is 0.457 e. The third-order valence-electron chi connectivity index (χ3n) is 4.40. The van der Waals surface area contributed by atoms with Gasteiger partial charge in [0.1, 0.15) is 11.5 Å². The molecule has 0 radical (unpaired) electrons.